The number of rotatable bonds is 4. The summed E-state index contributed by atoms with van der Waals surface area (Å²) in [4.78, 5) is 0. The molecule has 8 heteroatoms. The van der Waals surface area contributed by atoms with E-state index in [2.05, 4.69) is 10.3 Å². The van der Waals surface area contributed by atoms with Crippen LogP contribution < -0.4 is 0 Å². The van der Waals surface area contributed by atoms with E-state index in [-0.39, 0.29) is 11.2 Å². The van der Waals surface area contributed by atoms with Crippen molar-refractivity contribution in [3.63, 3.8) is 0 Å². The van der Waals surface area contributed by atoms with Gasteiger partial charge < -0.3 is 5.11 Å². The van der Waals surface area contributed by atoms with Gasteiger partial charge >= 0.3 is 0 Å². The molecule has 2 fully saturated rings. The van der Waals surface area contributed by atoms with Gasteiger partial charge in [0.2, 0.25) is 10.0 Å². The van der Waals surface area contributed by atoms with Crippen molar-refractivity contribution in [2.45, 2.75) is 43.6 Å². The number of benzene rings is 1. The number of aromatic nitrogens is 3. The minimum absolute atomic E-state index is 0.0112. The van der Waals surface area contributed by atoms with Crippen LogP contribution in [0.25, 0.3) is 11.0 Å². The molecule has 1 unspecified atom stereocenters. The Bertz CT molecular complexity index is 823. The maximum atomic E-state index is 12.5. The summed E-state index contributed by atoms with van der Waals surface area (Å²) in [6.07, 6.45) is 3.10. The van der Waals surface area contributed by atoms with Crippen molar-refractivity contribution in [2.75, 3.05) is 13.1 Å². The number of aliphatic hydroxyl groups is 1. The van der Waals surface area contributed by atoms with Crippen LogP contribution >= 0.6 is 0 Å². The minimum atomic E-state index is -3.15. The van der Waals surface area contributed by atoms with E-state index < -0.39 is 16.3 Å². The molecule has 1 saturated carbocycles. The van der Waals surface area contributed by atoms with Gasteiger partial charge in [-0.15, -0.1) is 5.10 Å². The Hall–Kier alpha value is -1.51. The first kappa shape index (κ1) is 16.0. The second-order valence-electron chi connectivity index (χ2n) is 6.77. The van der Waals surface area contributed by atoms with E-state index in [9.17, 15) is 13.5 Å². The quantitative estimate of drug-likeness (QED) is 0.903. The van der Waals surface area contributed by atoms with Crippen molar-refractivity contribution in [3.05, 3.63) is 24.3 Å². The molecule has 7 nitrogen and oxygen atoms in total. The summed E-state index contributed by atoms with van der Waals surface area (Å²) in [5.41, 5.74) is 1.55. The third-order valence-electron chi connectivity index (χ3n) is 5.38. The molecule has 1 aromatic heterocycles. The van der Waals surface area contributed by atoms with E-state index in [1.54, 1.807) is 8.99 Å². The lowest BCUT2D eigenvalue weighted by atomic mass is 9.96. The van der Waals surface area contributed by atoms with Gasteiger partial charge in [-0.25, -0.2) is 17.4 Å². The number of sulfonamides is 1. The highest BCUT2D eigenvalue weighted by molar-refractivity contribution is 7.89. The molecule has 1 aromatic carbocycles. The van der Waals surface area contributed by atoms with Crippen LogP contribution in [0.15, 0.2) is 24.3 Å². The number of hydrogen-bond donors (Lipinski definition) is 1. The lowest BCUT2D eigenvalue weighted by molar-refractivity contribution is 0.0104. The highest BCUT2D eigenvalue weighted by Gasteiger charge is 2.39. The number of piperidine rings is 1. The third kappa shape index (κ3) is 2.62. The van der Waals surface area contributed by atoms with Crippen LogP contribution in [-0.2, 0) is 10.0 Å². The molecule has 0 amide bonds. The normalized spacial score (nSPS) is 22.5. The number of aliphatic hydroxyl groups excluding tert-OH is 1. The van der Waals surface area contributed by atoms with Gasteiger partial charge in [-0.1, -0.05) is 23.8 Å². The molecule has 0 spiro atoms. The Morgan fingerprint density at radius 1 is 1.12 bits per heavy atom. The van der Waals surface area contributed by atoms with Crippen molar-refractivity contribution in [1.82, 2.24) is 19.3 Å². The van der Waals surface area contributed by atoms with Crippen LogP contribution in [0.1, 0.15) is 38.3 Å². The summed E-state index contributed by atoms with van der Waals surface area (Å²) in [5, 5.41) is 18.6. The van der Waals surface area contributed by atoms with Crippen molar-refractivity contribution in [2.24, 2.45) is 5.92 Å². The van der Waals surface area contributed by atoms with E-state index in [0.29, 0.717) is 25.9 Å². The number of fused-ring (bicyclic) bond motifs is 1. The fourth-order valence-electron chi connectivity index (χ4n) is 3.59. The Morgan fingerprint density at radius 2 is 1.83 bits per heavy atom. The van der Waals surface area contributed by atoms with Gasteiger partial charge in [-0.05, 0) is 37.8 Å². The molecule has 130 valence electrons. The molecule has 1 saturated heterocycles. The van der Waals surface area contributed by atoms with Gasteiger partial charge in [-0.3, -0.25) is 0 Å². The maximum absolute atomic E-state index is 12.5. The molecule has 24 heavy (non-hydrogen) atoms. The summed E-state index contributed by atoms with van der Waals surface area (Å²) >= 11 is 0. The summed E-state index contributed by atoms with van der Waals surface area (Å²) < 4.78 is 28.1. The third-order valence-corrected chi connectivity index (χ3v) is 7.78. The monoisotopic (exact) mass is 350 g/mol. The predicted molar refractivity (Wildman–Crippen MR) is 89.6 cm³/mol. The van der Waals surface area contributed by atoms with Crippen molar-refractivity contribution < 1.29 is 13.5 Å². The molecule has 2 aromatic rings. The SMILES string of the molecule is O=S(=O)(C1CCC1)N1CCC(C(O)n2nnc3ccccc32)CC1. The molecule has 1 aliphatic heterocycles. The fraction of sp³-hybridized carbons (Fsp3) is 0.625. The first-order valence-corrected chi connectivity index (χ1v) is 10.0. The molecule has 2 heterocycles. The molecule has 4 rings (SSSR count). The molecular weight excluding hydrogens is 328 g/mol. The van der Waals surface area contributed by atoms with Crippen LogP contribution in [0, 0.1) is 5.92 Å². The molecule has 1 atom stereocenters. The summed E-state index contributed by atoms with van der Waals surface area (Å²) in [6, 6.07) is 7.52. The van der Waals surface area contributed by atoms with E-state index in [4.69, 9.17) is 0 Å². The van der Waals surface area contributed by atoms with Crippen LogP contribution in [0.3, 0.4) is 0 Å². The van der Waals surface area contributed by atoms with Crippen molar-refractivity contribution >= 4 is 21.1 Å². The van der Waals surface area contributed by atoms with E-state index >= 15 is 0 Å². The van der Waals surface area contributed by atoms with Crippen LogP contribution in [0.2, 0.25) is 0 Å². The Labute approximate surface area is 141 Å². The smallest absolute Gasteiger partial charge is 0.216 e. The molecular formula is C16H22N4O3S. The lowest BCUT2D eigenvalue weighted by Gasteiger charge is -2.37. The molecule has 0 bridgehead atoms. The predicted octanol–water partition coefficient (Wildman–Crippen LogP) is 1.52. The standard InChI is InChI=1S/C16H22N4O3S/c21-16(20-15-7-2-1-6-14(15)17-18-20)12-8-10-19(11-9-12)24(22,23)13-4-3-5-13/h1-2,6-7,12-13,16,21H,3-5,8-11H2. The van der Waals surface area contributed by atoms with Crippen LogP contribution in [0.5, 0.6) is 0 Å². The number of hydrogen-bond acceptors (Lipinski definition) is 5. The van der Waals surface area contributed by atoms with E-state index in [0.717, 1.165) is 30.3 Å². The Balaban J connectivity index is 1.45. The van der Waals surface area contributed by atoms with Gasteiger partial charge in [0.15, 0.2) is 6.23 Å². The van der Waals surface area contributed by atoms with E-state index in [1.807, 2.05) is 24.3 Å². The van der Waals surface area contributed by atoms with E-state index in [1.165, 1.54) is 0 Å². The molecule has 2 aliphatic rings. The highest BCUT2D eigenvalue weighted by Crippen LogP contribution is 2.33. The zero-order valence-corrected chi connectivity index (χ0v) is 14.3. The van der Waals surface area contributed by atoms with Gasteiger partial charge in [0.05, 0.1) is 10.8 Å². The Kier molecular flexibility index (Phi) is 4.06. The zero-order valence-electron chi connectivity index (χ0n) is 13.5. The lowest BCUT2D eigenvalue weighted by Crippen LogP contribution is -2.46. The molecule has 1 aliphatic carbocycles. The largest absolute Gasteiger partial charge is 0.371 e. The highest BCUT2D eigenvalue weighted by atomic mass is 32.2. The summed E-state index contributed by atoms with van der Waals surface area (Å²) in [6.45, 7) is 0.959. The zero-order chi connectivity index (χ0) is 16.7. The average Bonchev–Trinajstić information content (AvgIpc) is 2.96. The van der Waals surface area contributed by atoms with Crippen molar-refractivity contribution in [3.8, 4) is 0 Å². The maximum Gasteiger partial charge on any atom is 0.216 e. The summed E-state index contributed by atoms with van der Waals surface area (Å²) in [5.74, 6) is -0.0112. The average molecular weight is 350 g/mol. The van der Waals surface area contributed by atoms with Crippen LogP contribution in [0.4, 0.5) is 0 Å². The fourth-order valence-corrected chi connectivity index (χ4v) is 5.66. The first-order chi connectivity index (χ1) is 11.6. The minimum Gasteiger partial charge on any atom is -0.371 e. The summed E-state index contributed by atoms with van der Waals surface area (Å²) in [7, 11) is -3.15. The molecule has 1 N–H and O–H groups in total. The van der Waals surface area contributed by atoms with Gasteiger partial charge in [0.1, 0.15) is 5.52 Å². The van der Waals surface area contributed by atoms with Crippen molar-refractivity contribution in [1.29, 1.82) is 0 Å². The second-order valence-corrected chi connectivity index (χ2v) is 8.98. The van der Waals surface area contributed by atoms with Gasteiger partial charge in [0.25, 0.3) is 0 Å². The number of nitrogens with zero attached hydrogens (tertiary/aromatic N) is 4. The van der Waals surface area contributed by atoms with Gasteiger partial charge in [-0.2, -0.15) is 0 Å². The van der Waals surface area contributed by atoms with Crippen LogP contribution in [-0.4, -0.2) is 51.2 Å². The Morgan fingerprint density at radius 3 is 2.50 bits per heavy atom. The number of para-hydroxylation sites is 1. The van der Waals surface area contributed by atoms with Gasteiger partial charge in [0, 0.05) is 19.0 Å². The first-order valence-electron chi connectivity index (χ1n) is 8.54. The molecule has 0 radical (unpaired) electrons. The topological polar surface area (TPSA) is 88.3 Å². The second kappa shape index (κ2) is 6.09.